The van der Waals surface area contributed by atoms with Crippen LogP contribution in [0.1, 0.15) is 20.8 Å². The van der Waals surface area contributed by atoms with Crippen LogP contribution in [0.2, 0.25) is 0 Å². The topological polar surface area (TPSA) is 80.3 Å². The Morgan fingerprint density at radius 2 is 1.86 bits per heavy atom. The molecule has 2 aromatic carbocycles. The molecule has 8 heteroatoms. The molecule has 1 aromatic heterocycles. The van der Waals surface area contributed by atoms with Gasteiger partial charge in [-0.25, -0.2) is 4.98 Å². The lowest BCUT2D eigenvalue weighted by atomic mass is 10.3. The van der Waals surface area contributed by atoms with Crippen LogP contribution in [0.5, 0.6) is 5.75 Å². The van der Waals surface area contributed by atoms with Crippen molar-refractivity contribution >= 4 is 56.5 Å². The zero-order valence-electron chi connectivity index (χ0n) is 15.8. The Kier molecular flexibility index (Phi) is 6.53. The summed E-state index contributed by atoms with van der Waals surface area (Å²) in [5.74, 6) is 0.571. The quantitative estimate of drug-likeness (QED) is 0.543. The van der Waals surface area contributed by atoms with Gasteiger partial charge in [-0.2, -0.15) is 0 Å². The summed E-state index contributed by atoms with van der Waals surface area (Å²) < 4.78 is 7.18. The molecule has 146 valence electrons. The van der Waals surface area contributed by atoms with Crippen LogP contribution in [0, 0.1) is 0 Å². The molecule has 0 radical (unpaired) electrons. The van der Waals surface area contributed by atoms with Crippen molar-refractivity contribution in [2.24, 2.45) is 0 Å². The number of carbonyl (C=O) groups excluding carboxylic acids is 2. The number of thiazole rings is 1. The molecule has 28 heavy (non-hydrogen) atoms. The SMILES string of the molecule is CCOc1ccc(NC(=O)C(C)Sc2nc3ccc(NC(C)=O)cc3s2)cc1. The number of amides is 2. The number of aromatic nitrogens is 1. The second-order valence-corrected chi connectivity index (χ2v) is 8.67. The van der Waals surface area contributed by atoms with Gasteiger partial charge in [-0.1, -0.05) is 11.8 Å². The third kappa shape index (κ3) is 5.24. The molecule has 1 heterocycles. The normalized spacial score (nSPS) is 11.8. The highest BCUT2D eigenvalue weighted by Gasteiger charge is 2.17. The lowest BCUT2D eigenvalue weighted by Crippen LogP contribution is -2.22. The number of nitrogens with zero attached hydrogens (tertiary/aromatic N) is 1. The van der Waals surface area contributed by atoms with Crippen LogP contribution in [-0.2, 0) is 9.59 Å². The molecular formula is C20H21N3O3S2. The summed E-state index contributed by atoms with van der Waals surface area (Å²) in [4.78, 5) is 28.2. The zero-order chi connectivity index (χ0) is 20.1. The van der Waals surface area contributed by atoms with E-state index >= 15 is 0 Å². The zero-order valence-corrected chi connectivity index (χ0v) is 17.4. The summed E-state index contributed by atoms with van der Waals surface area (Å²) in [7, 11) is 0. The van der Waals surface area contributed by atoms with Gasteiger partial charge in [-0.05, 0) is 56.3 Å². The van der Waals surface area contributed by atoms with E-state index in [1.165, 1.54) is 30.0 Å². The molecule has 0 saturated carbocycles. The van der Waals surface area contributed by atoms with Gasteiger partial charge in [-0.15, -0.1) is 11.3 Å². The molecule has 0 saturated heterocycles. The van der Waals surface area contributed by atoms with Crippen LogP contribution in [0.15, 0.2) is 46.8 Å². The van der Waals surface area contributed by atoms with Crippen LogP contribution >= 0.6 is 23.1 Å². The van der Waals surface area contributed by atoms with E-state index < -0.39 is 0 Å². The highest BCUT2D eigenvalue weighted by molar-refractivity contribution is 8.02. The van der Waals surface area contributed by atoms with Gasteiger partial charge in [0.2, 0.25) is 11.8 Å². The number of benzene rings is 2. The maximum absolute atomic E-state index is 12.5. The lowest BCUT2D eigenvalue weighted by Gasteiger charge is -2.11. The number of carbonyl (C=O) groups is 2. The van der Waals surface area contributed by atoms with E-state index in [9.17, 15) is 9.59 Å². The molecule has 1 atom stereocenters. The maximum atomic E-state index is 12.5. The first-order valence-electron chi connectivity index (χ1n) is 8.83. The summed E-state index contributed by atoms with van der Waals surface area (Å²) in [5.41, 5.74) is 2.31. The third-order valence-electron chi connectivity index (χ3n) is 3.77. The molecular weight excluding hydrogens is 394 g/mol. The van der Waals surface area contributed by atoms with Crippen molar-refractivity contribution in [2.45, 2.75) is 30.4 Å². The second-order valence-electron chi connectivity index (χ2n) is 6.05. The highest BCUT2D eigenvalue weighted by atomic mass is 32.2. The molecule has 0 bridgehead atoms. The average Bonchev–Trinajstić information content (AvgIpc) is 3.04. The number of thioether (sulfide) groups is 1. The number of fused-ring (bicyclic) bond motifs is 1. The van der Waals surface area contributed by atoms with E-state index in [-0.39, 0.29) is 17.1 Å². The van der Waals surface area contributed by atoms with Gasteiger partial charge >= 0.3 is 0 Å². The highest BCUT2D eigenvalue weighted by Crippen LogP contribution is 2.33. The van der Waals surface area contributed by atoms with Crippen molar-refractivity contribution in [1.82, 2.24) is 4.98 Å². The standard InChI is InChI=1S/C20H21N3O3S2/c1-4-26-16-8-5-14(6-9-16)22-19(25)12(2)27-20-23-17-10-7-15(21-13(3)24)11-18(17)28-20/h5-12H,4H2,1-3H3,(H,21,24)(H,22,25). The van der Waals surface area contributed by atoms with Crippen molar-refractivity contribution in [3.8, 4) is 5.75 Å². The van der Waals surface area contributed by atoms with E-state index in [0.29, 0.717) is 6.61 Å². The monoisotopic (exact) mass is 415 g/mol. The van der Waals surface area contributed by atoms with Crippen LogP contribution < -0.4 is 15.4 Å². The van der Waals surface area contributed by atoms with Crippen molar-refractivity contribution < 1.29 is 14.3 Å². The van der Waals surface area contributed by atoms with Crippen LogP contribution in [0.25, 0.3) is 10.2 Å². The molecule has 3 rings (SSSR count). The summed E-state index contributed by atoms with van der Waals surface area (Å²) >= 11 is 2.91. The van der Waals surface area contributed by atoms with Crippen molar-refractivity contribution in [3.63, 3.8) is 0 Å². The van der Waals surface area contributed by atoms with Gasteiger partial charge in [0, 0.05) is 18.3 Å². The molecule has 2 amide bonds. The molecule has 0 aliphatic heterocycles. The molecule has 2 N–H and O–H groups in total. The summed E-state index contributed by atoms with van der Waals surface area (Å²) in [6.07, 6.45) is 0. The predicted molar refractivity (Wildman–Crippen MR) is 115 cm³/mol. The minimum absolute atomic E-state index is 0.0904. The fraction of sp³-hybridized carbons (Fsp3) is 0.250. The molecule has 0 fully saturated rings. The molecule has 1 unspecified atom stereocenters. The average molecular weight is 416 g/mol. The van der Waals surface area contributed by atoms with Gasteiger partial charge in [-0.3, -0.25) is 9.59 Å². The number of anilines is 2. The predicted octanol–water partition coefficient (Wildman–Crippen LogP) is 4.77. The number of hydrogen-bond donors (Lipinski definition) is 2. The first kappa shape index (κ1) is 20.2. The van der Waals surface area contributed by atoms with E-state index in [1.807, 2.05) is 56.3 Å². The maximum Gasteiger partial charge on any atom is 0.237 e. The fourth-order valence-electron chi connectivity index (χ4n) is 2.48. The largest absolute Gasteiger partial charge is 0.494 e. The second kappa shape index (κ2) is 9.07. The molecule has 6 nitrogen and oxygen atoms in total. The Morgan fingerprint density at radius 3 is 2.54 bits per heavy atom. The molecule has 0 aliphatic rings. The van der Waals surface area contributed by atoms with Crippen LogP contribution in [0.3, 0.4) is 0 Å². The number of ether oxygens (including phenoxy) is 1. The minimum atomic E-state index is -0.304. The number of rotatable bonds is 7. The van der Waals surface area contributed by atoms with Gasteiger partial charge in [0.15, 0.2) is 4.34 Å². The number of hydrogen-bond acceptors (Lipinski definition) is 6. The van der Waals surface area contributed by atoms with Crippen molar-refractivity contribution in [2.75, 3.05) is 17.2 Å². The number of nitrogens with one attached hydrogen (secondary N) is 2. The Hall–Kier alpha value is -2.58. The third-order valence-corrected chi connectivity index (χ3v) is 5.98. The fourth-order valence-corrected chi connectivity index (χ4v) is 4.74. The van der Waals surface area contributed by atoms with Crippen LogP contribution in [0.4, 0.5) is 11.4 Å². The van der Waals surface area contributed by atoms with Gasteiger partial charge in [0.25, 0.3) is 0 Å². The van der Waals surface area contributed by atoms with E-state index in [1.54, 1.807) is 0 Å². The molecule has 3 aromatic rings. The Balaban J connectivity index is 1.63. The summed E-state index contributed by atoms with van der Waals surface area (Å²) in [6.45, 7) is 5.86. The first-order valence-corrected chi connectivity index (χ1v) is 10.5. The van der Waals surface area contributed by atoms with E-state index in [0.717, 1.165) is 31.7 Å². The Morgan fingerprint density at radius 1 is 1.14 bits per heavy atom. The Bertz CT molecular complexity index is 986. The van der Waals surface area contributed by atoms with E-state index in [2.05, 4.69) is 15.6 Å². The first-order chi connectivity index (χ1) is 13.4. The van der Waals surface area contributed by atoms with Gasteiger partial charge < -0.3 is 15.4 Å². The van der Waals surface area contributed by atoms with E-state index in [4.69, 9.17) is 4.74 Å². The lowest BCUT2D eigenvalue weighted by molar-refractivity contribution is -0.115. The molecule has 0 aliphatic carbocycles. The Labute approximate surface area is 171 Å². The summed E-state index contributed by atoms with van der Waals surface area (Å²) in [6, 6.07) is 12.9. The smallest absolute Gasteiger partial charge is 0.237 e. The van der Waals surface area contributed by atoms with Crippen molar-refractivity contribution in [1.29, 1.82) is 0 Å². The van der Waals surface area contributed by atoms with Crippen LogP contribution in [-0.4, -0.2) is 28.7 Å². The minimum Gasteiger partial charge on any atom is -0.494 e. The molecule has 0 spiro atoms. The van der Waals surface area contributed by atoms with Gasteiger partial charge in [0.05, 0.1) is 22.1 Å². The summed E-state index contributed by atoms with van der Waals surface area (Å²) in [5, 5.41) is 5.37. The van der Waals surface area contributed by atoms with Gasteiger partial charge in [0.1, 0.15) is 5.75 Å². The van der Waals surface area contributed by atoms with Crippen molar-refractivity contribution in [3.05, 3.63) is 42.5 Å².